The number of halogens is 2. The van der Waals surface area contributed by atoms with Crippen LogP contribution in [0.1, 0.15) is 42.1 Å². The Morgan fingerprint density at radius 3 is 2.55 bits per heavy atom. The summed E-state index contributed by atoms with van der Waals surface area (Å²) >= 11 is 0. The smallest absolute Gasteiger partial charge is 0.387 e. The number of ether oxygens (including phenoxy) is 2. The van der Waals surface area contributed by atoms with Gasteiger partial charge in [-0.1, -0.05) is 6.07 Å². The van der Waals surface area contributed by atoms with Crippen molar-refractivity contribution in [2.45, 2.75) is 32.8 Å². The van der Waals surface area contributed by atoms with Gasteiger partial charge in [0.25, 0.3) is 0 Å². The molecule has 0 unspecified atom stereocenters. The van der Waals surface area contributed by atoms with Gasteiger partial charge in [0.2, 0.25) is 11.8 Å². The van der Waals surface area contributed by atoms with Crippen molar-refractivity contribution >= 4 is 29.3 Å². The topological polar surface area (TPSA) is 93.9 Å². The average molecular weight is 459 g/mol. The van der Waals surface area contributed by atoms with Crippen molar-refractivity contribution in [2.75, 3.05) is 29.9 Å². The molecule has 0 bridgehead atoms. The van der Waals surface area contributed by atoms with Gasteiger partial charge in [-0.15, -0.1) is 0 Å². The van der Waals surface area contributed by atoms with E-state index in [1.807, 2.05) is 0 Å². The fourth-order valence-corrected chi connectivity index (χ4v) is 3.64. The zero-order valence-electron chi connectivity index (χ0n) is 18.4. The standard InChI is InChI=1S/C24H27F2N3O4/c1-2-32-21-14-16(6-10-20(21)33-24(25)26)7-11-22(30)28-18-15-17(23(27)31)8-9-19(18)29-12-4-3-5-13-29/h6-11,14-15,24H,2-5,12-13H2,1H3,(H2,27,31)(H,28,30). The number of anilines is 2. The minimum absolute atomic E-state index is 0.0807. The molecule has 0 radical (unpaired) electrons. The van der Waals surface area contributed by atoms with Crippen molar-refractivity contribution in [1.82, 2.24) is 0 Å². The summed E-state index contributed by atoms with van der Waals surface area (Å²) < 4.78 is 35.0. The summed E-state index contributed by atoms with van der Waals surface area (Å²) in [6, 6.07) is 9.42. The molecule has 2 aromatic rings. The van der Waals surface area contributed by atoms with Crippen LogP contribution in [0.3, 0.4) is 0 Å². The van der Waals surface area contributed by atoms with Crippen molar-refractivity contribution in [3.05, 3.63) is 53.6 Å². The van der Waals surface area contributed by atoms with Gasteiger partial charge in [-0.3, -0.25) is 9.59 Å². The second kappa shape index (κ2) is 11.3. The van der Waals surface area contributed by atoms with E-state index in [2.05, 4.69) is 15.0 Å². The van der Waals surface area contributed by atoms with Crippen molar-refractivity contribution in [2.24, 2.45) is 5.73 Å². The summed E-state index contributed by atoms with van der Waals surface area (Å²) in [7, 11) is 0. The number of primary amides is 1. The number of nitrogens with two attached hydrogens (primary N) is 1. The first kappa shape index (κ1) is 24.0. The Bertz CT molecular complexity index is 1020. The lowest BCUT2D eigenvalue weighted by Crippen LogP contribution is -2.30. The summed E-state index contributed by atoms with van der Waals surface area (Å²) in [4.78, 5) is 26.4. The highest BCUT2D eigenvalue weighted by Gasteiger charge is 2.17. The average Bonchev–Trinajstić information content (AvgIpc) is 2.79. The molecule has 0 saturated carbocycles. The number of carbonyl (C=O) groups excluding carboxylic acids is 2. The summed E-state index contributed by atoms with van der Waals surface area (Å²) in [6.07, 6.45) is 6.11. The van der Waals surface area contributed by atoms with Crippen molar-refractivity contribution < 1.29 is 27.8 Å². The van der Waals surface area contributed by atoms with Crippen LogP contribution in [0, 0.1) is 0 Å². The van der Waals surface area contributed by atoms with Gasteiger partial charge in [-0.2, -0.15) is 8.78 Å². The van der Waals surface area contributed by atoms with Gasteiger partial charge in [0.05, 0.1) is 18.0 Å². The minimum Gasteiger partial charge on any atom is -0.490 e. The molecule has 1 saturated heterocycles. The maximum Gasteiger partial charge on any atom is 0.387 e. The molecule has 0 aliphatic carbocycles. The van der Waals surface area contributed by atoms with E-state index >= 15 is 0 Å². The van der Waals surface area contributed by atoms with E-state index in [1.54, 1.807) is 25.1 Å². The normalized spacial score (nSPS) is 13.9. The SMILES string of the molecule is CCOc1cc(C=CC(=O)Nc2cc(C(N)=O)ccc2N2CCCCC2)ccc1OC(F)F. The number of piperidine rings is 1. The molecular weight excluding hydrogens is 432 g/mol. The lowest BCUT2D eigenvalue weighted by molar-refractivity contribution is -0.111. The second-order valence-electron chi connectivity index (χ2n) is 7.48. The first-order chi connectivity index (χ1) is 15.9. The Hall–Kier alpha value is -3.62. The molecule has 1 heterocycles. The number of alkyl halides is 2. The van der Waals surface area contributed by atoms with Gasteiger partial charge < -0.3 is 25.4 Å². The van der Waals surface area contributed by atoms with E-state index < -0.39 is 18.4 Å². The number of amides is 2. The van der Waals surface area contributed by atoms with E-state index in [0.29, 0.717) is 16.8 Å². The highest BCUT2D eigenvalue weighted by molar-refractivity contribution is 6.05. The Balaban J connectivity index is 1.79. The molecule has 9 heteroatoms. The van der Waals surface area contributed by atoms with Gasteiger partial charge in [-0.05, 0) is 68.2 Å². The van der Waals surface area contributed by atoms with Gasteiger partial charge in [-0.25, -0.2) is 0 Å². The van der Waals surface area contributed by atoms with Gasteiger partial charge in [0, 0.05) is 24.7 Å². The molecule has 176 valence electrons. The van der Waals surface area contributed by atoms with Crippen LogP contribution in [0.5, 0.6) is 11.5 Å². The van der Waals surface area contributed by atoms with Crippen LogP contribution in [0.25, 0.3) is 6.08 Å². The van der Waals surface area contributed by atoms with Crippen LogP contribution in [-0.2, 0) is 4.79 Å². The lowest BCUT2D eigenvalue weighted by Gasteiger charge is -2.30. The van der Waals surface area contributed by atoms with Crippen molar-refractivity contribution in [1.29, 1.82) is 0 Å². The molecule has 0 aromatic heterocycles. The Morgan fingerprint density at radius 1 is 1.12 bits per heavy atom. The molecule has 3 rings (SSSR count). The molecule has 0 atom stereocenters. The first-order valence-electron chi connectivity index (χ1n) is 10.8. The van der Waals surface area contributed by atoms with E-state index in [1.165, 1.54) is 30.4 Å². The van der Waals surface area contributed by atoms with Crippen LogP contribution in [0.2, 0.25) is 0 Å². The molecule has 3 N–H and O–H groups in total. The summed E-state index contributed by atoms with van der Waals surface area (Å²) in [6.45, 7) is 0.746. The number of hydrogen-bond donors (Lipinski definition) is 2. The monoisotopic (exact) mass is 459 g/mol. The number of rotatable bonds is 9. The quantitative estimate of drug-likeness (QED) is 0.541. The third kappa shape index (κ3) is 6.68. The number of nitrogens with one attached hydrogen (secondary N) is 1. The lowest BCUT2D eigenvalue weighted by atomic mass is 10.1. The summed E-state index contributed by atoms with van der Waals surface area (Å²) in [5.74, 6) is -0.925. The first-order valence-corrected chi connectivity index (χ1v) is 10.8. The minimum atomic E-state index is -2.97. The van der Waals surface area contributed by atoms with Crippen LogP contribution < -0.4 is 25.4 Å². The molecule has 7 nitrogen and oxygen atoms in total. The molecule has 33 heavy (non-hydrogen) atoms. The van der Waals surface area contributed by atoms with Crippen LogP contribution in [0.15, 0.2) is 42.5 Å². The largest absolute Gasteiger partial charge is 0.490 e. The maximum atomic E-state index is 12.6. The second-order valence-corrected chi connectivity index (χ2v) is 7.48. The van der Waals surface area contributed by atoms with Gasteiger partial charge in [0.1, 0.15) is 0 Å². The summed E-state index contributed by atoms with van der Waals surface area (Å²) in [5, 5.41) is 2.82. The molecule has 1 aliphatic rings. The molecule has 1 aliphatic heterocycles. The van der Waals surface area contributed by atoms with E-state index in [-0.39, 0.29) is 18.1 Å². The summed E-state index contributed by atoms with van der Waals surface area (Å²) in [5.41, 5.74) is 7.60. The molecular formula is C24H27F2N3O4. The maximum absolute atomic E-state index is 12.6. The Morgan fingerprint density at radius 2 is 1.88 bits per heavy atom. The fourth-order valence-electron chi connectivity index (χ4n) is 3.64. The van der Waals surface area contributed by atoms with Crippen LogP contribution >= 0.6 is 0 Å². The van der Waals surface area contributed by atoms with Gasteiger partial charge in [0.15, 0.2) is 11.5 Å². The number of benzene rings is 2. The predicted octanol–water partition coefficient (Wildman–Crippen LogP) is 4.43. The Kier molecular flexibility index (Phi) is 8.23. The number of hydrogen-bond acceptors (Lipinski definition) is 5. The fraction of sp³-hybridized carbons (Fsp3) is 0.333. The van der Waals surface area contributed by atoms with E-state index in [4.69, 9.17) is 10.5 Å². The highest BCUT2D eigenvalue weighted by Crippen LogP contribution is 2.31. The highest BCUT2D eigenvalue weighted by atomic mass is 19.3. The molecule has 0 spiro atoms. The zero-order valence-corrected chi connectivity index (χ0v) is 18.4. The van der Waals surface area contributed by atoms with Crippen molar-refractivity contribution in [3.63, 3.8) is 0 Å². The zero-order chi connectivity index (χ0) is 23.8. The molecule has 2 aromatic carbocycles. The Labute approximate surface area is 191 Å². The van der Waals surface area contributed by atoms with Crippen molar-refractivity contribution in [3.8, 4) is 11.5 Å². The van der Waals surface area contributed by atoms with Crippen LogP contribution in [0.4, 0.5) is 20.2 Å². The van der Waals surface area contributed by atoms with E-state index in [0.717, 1.165) is 38.0 Å². The molecule has 1 fully saturated rings. The third-order valence-corrected chi connectivity index (χ3v) is 5.15. The molecule has 2 amide bonds. The van der Waals surface area contributed by atoms with Crippen LogP contribution in [-0.4, -0.2) is 38.1 Å². The third-order valence-electron chi connectivity index (χ3n) is 5.15. The van der Waals surface area contributed by atoms with Gasteiger partial charge >= 0.3 is 6.61 Å². The number of carbonyl (C=O) groups is 2. The predicted molar refractivity (Wildman–Crippen MR) is 123 cm³/mol. The van der Waals surface area contributed by atoms with E-state index in [9.17, 15) is 18.4 Å². The number of nitrogens with zero attached hydrogens (tertiary/aromatic N) is 1.